The molecule has 3 aromatic rings. The maximum Gasteiger partial charge on any atom is 0.295 e. The molecule has 1 aromatic heterocycles. The van der Waals surface area contributed by atoms with E-state index in [1.807, 2.05) is 26.0 Å². The number of H-pyrrole nitrogens is 1. The molecule has 0 aliphatic carbocycles. The molecule has 22 heavy (non-hydrogen) atoms. The summed E-state index contributed by atoms with van der Waals surface area (Å²) in [5.74, 6) is 0.161. The molecule has 1 heterocycles. The van der Waals surface area contributed by atoms with Crippen molar-refractivity contribution >= 4 is 22.5 Å². The molecule has 5 heteroatoms. The monoisotopic (exact) mass is 315 g/mol. The fourth-order valence-corrected chi connectivity index (χ4v) is 2.37. The number of halogens is 1. The third-order valence-corrected chi connectivity index (χ3v) is 3.87. The van der Waals surface area contributed by atoms with Gasteiger partial charge >= 0.3 is 0 Å². The summed E-state index contributed by atoms with van der Waals surface area (Å²) in [5.41, 5.74) is 1.84. The highest BCUT2D eigenvalue weighted by atomic mass is 35.5. The van der Waals surface area contributed by atoms with Crippen LogP contribution in [0, 0.1) is 13.8 Å². The normalized spacial score (nSPS) is 10.9. The van der Waals surface area contributed by atoms with Crippen LogP contribution in [0.3, 0.4) is 0 Å². The number of hydrogen-bond acceptors (Lipinski definition) is 3. The fourth-order valence-electron chi connectivity index (χ4n) is 2.21. The SMILES string of the molecule is Cc1ccc(Oc2c(O)c3cc(C)c(Cl)cc3[nH]c2=O)cc1. The average Bonchev–Trinajstić information content (AvgIpc) is 2.48. The molecule has 0 aliphatic rings. The number of nitrogens with one attached hydrogen (secondary N) is 1. The van der Waals surface area contributed by atoms with Crippen LogP contribution in [0.15, 0.2) is 41.2 Å². The highest BCUT2D eigenvalue weighted by Gasteiger charge is 2.15. The first-order chi connectivity index (χ1) is 10.5. The Morgan fingerprint density at radius 1 is 1.14 bits per heavy atom. The van der Waals surface area contributed by atoms with Crippen LogP contribution in [0.5, 0.6) is 17.2 Å². The van der Waals surface area contributed by atoms with Gasteiger partial charge in [0.25, 0.3) is 5.56 Å². The summed E-state index contributed by atoms with van der Waals surface area (Å²) in [6.07, 6.45) is 0. The number of ether oxygens (including phenoxy) is 1. The van der Waals surface area contributed by atoms with E-state index in [-0.39, 0.29) is 11.5 Å². The first-order valence-corrected chi connectivity index (χ1v) is 7.13. The lowest BCUT2D eigenvalue weighted by Gasteiger charge is -2.10. The molecule has 0 atom stereocenters. The summed E-state index contributed by atoms with van der Waals surface area (Å²) in [5, 5.41) is 11.4. The number of aromatic nitrogens is 1. The van der Waals surface area contributed by atoms with Crippen molar-refractivity contribution in [2.24, 2.45) is 0 Å². The summed E-state index contributed by atoms with van der Waals surface area (Å²) in [6, 6.07) is 10.5. The number of aromatic amines is 1. The number of pyridine rings is 1. The van der Waals surface area contributed by atoms with Crippen LogP contribution in [0.25, 0.3) is 10.9 Å². The second kappa shape index (κ2) is 5.39. The zero-order chi connectivity index (χ0) is 15.9. The molecule has 0 amide bonds. The molecule has 0 saturated carbocycles. The van der Waals surface area contributed by atoms with Crippen LogP contribution < -0.4 is 10.3 Å². The average molecular weight is 316 g/mol. The molecule has 0 bridgehead atoms. The minimum Gasteiger partial charge on any atom is -0.504 e. The van der Waals surface area contributed by atoms with Crippen LogP contribution in [0.2, 0.25) is 5.02 Å². The zero-order valence-corrected chi connectivity index (χ0v) is 12.9. The van der Waals surface area contributed by atoms with Crippen molar-refractivity contribution in [2.75, 3.05) is 0 Å². The molecule has 112 valence electrons. The Morgan fingerprint density at radius 2 is 1.82 bits per heavy atom. The van der Waals surface area contributed by atoms with E-state index in [1.54, 1.807) is 24.3 Å². The van der Waals surface area contributed by atoms with E-state index < -0.39 is 5.56 Å². The Morgan fingerprint density at radius 3 is 2.50 bits per heavy atom. The third kappa shape index (κ3) is 2.53. The van der Waals surface area contributed by atoms with E-state index in [0.717, 1.165) is 11.1 Å². The van der Waals surface area contributed by atoms with Gasteiger partial charge in [-0.2, -0.15) is 0 Å². The van der Waals surface area contributed by atoms with Gasteiger partial charge in [0.1, 0.15) is 5.75 Å². The predicted octanol–water partition coefficient (Wildman–Crippen LogP) is 4.30. The van der Waals surface area contributed by atoms with Crippen molar-refractivity contribution in [1.82, 2.24) is 4.98 Å². The largest absolute Gasteiger partial charge is 0.504 e. The Kier molecular flexibility index (Phi) is 3.54. The van der Waals surface area contributed by atoms with Crippen molar-refractivity contribution < 1.29 is 9.84 Å². The van der Waals surface area contributed by atoms with Crippen LogP contribution in [0.4, 0.5) is 0 Å². The van der Waals surface area contributed by atoms with Crippen LogP contribution in [-0.2, 0) is 0 Å². The van der Waals surface area contributed by atoms with E-state index in [0.29, 0.717) is 21.7 Å². The molecule has 2 aromatic carbocycles. The number of fused-ring (bicyclic) bond motifs is 1. The number of aryl methyl sites for hydroxylation is 2. The zero-order valence-electron chi connectivity index (χ0n) is 12.1. The van der Waals surface area contributed by atoms with Gasteiger partial charge in [0.2, 0.25) is 5.75 Å². The molecule has 0 unspecified atom stereocenters. The van der Waals surface area contributed by atoms with Crippen molar-refractivity contribution in [3.63, 3.8) is 0 Å². The Balaban J connectivity index is 2.15. The molecular formula is C17H14ClNO3. The van der Waals surface area contributed by atoms with E-state index in [2.05, 4.69) is 4.98 Å². The van der Waals surface area contributed by atoms with Gasteiger partial charge in [0, 0.05) is 10.4 Å². The fraction of sp³-hybridized carbons (Fsp3) is 0.118. The van der Waals surface area contributed by atoms with Crippen molar-refractivity contribution in [2.45, 2.75) is 13.8 Å². The second-order valence-corrected chi connectivity index (χ2v) is 5.60. The molecular weight excluding hydrogens is 302 g/mol. The molecule has 0 radical (unpaired) electrons. The van der Waals surface area contributed by atoms with Crippen LogP contribution in [0.1, 0.15) is 11.1 Å². The van der Waals surface area contributed by atoms with Gasteiger partial charge in [-0.1, -0.05) is 29.3 Å². The molecule has 0 spiro atoms. The van der Waals surface area contributed by atoms with Crippen LogP contribution in [-0.4, -0.2) is 10.1 Å². The quantitative estimate of drug-likeness (QED) is 0.741. The summed E-state index contributed by atoms with van der Waals surface area (Å²) in [4.78, 5) is 14.8. The molecule has 2 N–H and O–H groups in total. The topological polar surface area (TPSA) is 62.3 Å². The maximum absolute atomic E-state index is 12.1. The Hall–Kier alpha value is -2.46. The van der Waals surface area contributed by atoms with Gasteiger partial charge in [-0.05, 0) is 43.7 Å². The maximum atomic E-state index is 12.1. The van der Waals surface area contributed by atoms with Gasteiger partial charge in [-0.15, -0.1) is 0 Å². The summed E-state index contributed by atoms with van der Waals surface area (Å²) >= 11 is 6.04. The summed E-state index contributed by atoms with van der Waals surface area (Å²) < 4.78 is 5.55. The first kappa shape index (κ1) is 14.5. The van der Waals surface area contributed by atoms with Crippen molar-refractivity contribution in [3.05, 3.63) is 62.9 Å². The van der Waals surface area contributed by atoms with Gasteiger partial charge in [0.05, 0.1) is 5.52 Å². The number of hydrogen-bond donors (Lipinski definition) is 2. The van der Waals surface area contributed by atoms with Crippen molar-refractivity contribution in [3.8, 4) is 17.2 Å². The first-order valence-electron chi connectivity index (χ1n) is 6.75. The highest BCUT2D eigenvalue weighted by Crippen LogP contribution is 2.35. The number of aromatic hydroxyl groups is 1. The Bertz CT molecular complexity index is 914. The lowest BCUT2D eigenvalue weighted by Crippen LogP contribution is -2.09. The summed E-state index contributed by atoms with van der Waals surface area (Å²) in [6.45, 7) is 3.78. The Labute approximate surface area is 131 Å². The van der Waals surface area contributed by atoms with Gasteiger partial charge in [-0.25, -0.2) is 0 Å². The van der Waals surface area contributed by atoms with Crippen molar-refractivity contribution in [1.29, 1.82) is 0 Å². The lowest BCUT2D eigenvalue weighted by molar-refractivity contribution is 0.410. The van der Waals surface area contributed by atoms with E-state index in [1.165, 1.54) is 0 Å². The van der Waals surface area contributed by atoms with Gasteiger partial charge in [-0.3, -0.25) is 4.79 Å². The predicted molar refractivity (Wildman–Crippen MR) is 87.2 cm³/mol. The van der Waals surface area contributed by atoms with Gasteiger partial charge in [0.15, 0.2) is 5.75 Å². The van der Waals surface area contributed by atoms with Gasteiger partial charge < -0.3 is 14.8 Å². The van der Waals surface area contributed by atoms with E-state index >= 15 is 0 Å². The molecule has 0 saturated heterocycles. The number of benzene rings is 2. The van der Waals surface area contributed by atoms with E-state index in [4.69, 9.17) is 16.3 Å². The number of rotatable bonds is 2. The third-order valence-electron chi connectivity index (χ3n) is 3.46. The standard InChI is InChI=1S/C17H14ClNO3/c1-9-3-5-11(6-4-9)22-16-15(20)12-7-10(2)13(18)8-14(12)19-17(16)21/h3-8H,1-2H3,(H2,19,20,21). The molecule has 0 fully saturated rings. The lowest BCUT2D eigenvalue weighted by atomic mass is 10.1. The molecule has 0 aliphatic heterocycles. The highest BCUT2D eigenvalue weighted by molar-refractivity contribution is 6.32. The summed E-state index contributed by atoms with van der Waals surface area (Å²) in [7, 11) is 0. The molecule has 3 rings (SSSR count). The second-order valence-electron chi connectivity index (χ2n) is 5.19. The minimum absolute atomic E-state index is 0.127. The van der Waals surface area contributed by atoms with Crippen LogP contribution >= 0.6 is 11.6 Å². The smallest absolute Gasteiger partial charge is 0.295 e. The van der Waals surface area contributed by atoms with E-state index in [9.17, 15) is 9.90 Å². The molecule has 4 nitrogen and oxygen atoms in total. The minimum atomic E-state index is -0.509.